The molecule has 4 heteroatoms. The van der Waals surface area contributed by atoms with Gasteiger partial charge in [0, 0.05) is 6.54 Å². The lowest BCUT2D eigenvalue weighted by molar-refractivity contribution is -0.150. The highest BCUT2D eigenvalue weighted by atomic mass is 16.2. The maximum absolute atomic E-state index is 12.7. The molecule has 0 aliphatic carbocycles. The Hall–Kier alpha value is -1.06. The predicted molar refractivity (Wildman–Crippen MR) is 85.9 cm³/mol. The van der Waals surface area contributed by atoms with Crippen LogP contribution in [0.4, 0.5) is 0 Å². The lowest BCUT2D eigenvalue weighted by Crippen LogP contribution is -2.63. The average molecular weight is 296 g/mol. The smallest absolute Gasteiger partial charge is 0.245 e. The second-order valence-corrected chi connectivity index (χ2v) is 7.84. The van der Waals surface area contributed by atoms with Crippen LogP contribution in [-0.4, -0.2) is 35.3 Å². The van der Waals surface area contributed by atoms with Crippen molar-refractivity contribution >= 4 is 11.8 Å². The van der Waals surface area contributed by atoms with Crippen LogP contribution in [0, 0.1) is 11.3 Å². The summed E-state index contributed by atoms with van der Waals surface area (Å²) >= 11 is 0. The standard InChI is InChI=1S/C17H32N2O2/c1-7-8-13-16(21)19(10-9-17(4,5)6)14(11-12(2)3)15(20)18-13/h12-14H,7-11H2,1-6H3,(H,18,20). The summed E-state index contributed by atoms with van der Waals surface area (Å²) in [7, 11) is 0. The highest BCUT2D eigenvalue weighted by Gasteiger charge is 2.40. The number of piperazine rings is 1. The fourth-order valence-electron chi connectivity index (χ4n) is 2.71. The highest BCUT2D eigenvalue weighted by molar-refractivity contribution is 5.96. The molecule has 1 aliphatic rings. The number of nitrogens with one attached hydrogen (secondary N) is 1. The number of amides is 2. The van der Waals surface area contributed by atoms with Crippen molar-refractivity contribution in [1.29, 1.82) is 0 Å². The van der Waals surface area contributed by atoms with Gasteiger partial charge in [-0.3, -0.25) is 9.59 Å². The Morgan fingerprint density at radius 3 is 2.33 bits per heavy atom. The van der Waals surface area contributed by atoms with Crippen molar-refractivity contribution in [2.75, 3.05) is 6.54 Å². The molecule has 2 unspecified atom stereocenters. The predicted octanol–water partition coefficient (Wildman–Crippen LogP) is 2.96. The summed E-state index contributed by atoms with van der Waals surface area (Å²) in [5, 5.41) is 2.92. The quantitative estimate of drug-likeness (QED) is 0.819. The molecule has 2 atom stereocenters. The minimum absolute atomic E-state index is 0.0238. The maximum Gasteiger partial charge on any atom is 0.245 e. The SMILES string of the molecule is CCCC1NC(=O)C(CC(C)C)N(CCC(C)(C)C)C1=O. The van der Waals surface area contributed by atoms with Crippen molar-refractivity contribution in [3.63, 3.8) is 0 Å². The first-order chi connectivity index (χ1) is 9.65. The molecule has 1 heterocycles. The van der Waals surface area contributed by atoms with Crippen LogP contribution in [0.1, 0.15) is 67.2 Å². The zero-order valence-electron chi connectivity index (χ0n) is 14.5. The van der Waals surface area contributed by atoms with Gasteiger partial charge in [0.15, 0.2) is 0 Å². The van der Waals surface area contributed by atoms with Crippen molar-refractivity contribution in [2.24, 2.45) is 11.3 Å². The van der Waals surface area contributed by atoms with Gasteiger partial charge in [-0.25, -0.2) is 0 Å². The van der Waals surface area contributed by atoms with Gasteiger partial charge in [-0.05, 0) is 30.6 Å². The molecule has 122 valence electrons. The Kier molecular flexibility index (Phi) is 6.24. The summed E-state index contributed by atoms with van der Waals surface area (Å²) in [6, 6.07) is -0.626. The summed E-state index contributed by atoms with van der Waals surface area (Å²) in [5.74, 6) is 0.524. The maximum atomic E-state index is 12.7. The summed E-state index contributed by atoms with van der Waals surface area (Å²) < 4.78 is 0. The number of carbonyl (C=O) groups is 2. The van der Waals surface area contributed by atoms with E-state index in [4.69, 9.17) is 0 Å². The molecule has 0 saturated carbocycles. The van der Waals surface area contributed by atoms with E-state index in [-0.39, 0.29) is 29.3 Å². The molecule has 0 spiro atoms. The van der Waals surface area contributed by atoms with Crippen LogP contribution >= 0.6 is 0 Å². The average Bonchev–Trinajstić information content (AvgIpc) is 2.33. The van der Waals surface area contributed by atoms with E-state index in [1.807, 2.05) is 11.8 Å². The molecule has 1 saturated heterocycles. The molecule has 21 heavy (non-hydrogen) atoms. The van der Waals surface area contributed by atoms with Gasteiger partial charge in [-0.15, -0.1) is 0 Å². The Labute approximate surface area is 129 Å². The van der Waals surface area contributed by atoms with E-state index in [0.717, 1.165) is 25.7 Å². The molecular weight excluding hydrogens is 264 g/mol. The van der Waals surface area contributed by atoms with Gasteiger partial charge in [0.05, 0.1) is 0 Å². The fraction of sp³-hybridized carbons (Fsp3) is 0.882. The lowest BCUT2D eigenvalue weighted by Gasteiger charge is -2.40. The Balaban J connectivity index is 2.89. The van der Waals surface area contributed by atoms with Gasteiger partial charge in [0.25, 0.3) is 0 Å². The van der Waals surface area contributed by atoms with E-state index in [9.17, 15) is 9.59 Å². The van der Waals surface area contributed by atoms with E-state index >= 15 is 0 Å². The van der Waals surface area contributed by atoms with Crippen LogP contribution in [0.5, 0.6) is 0 Å². The van der Waals surface area contributed by atoms with E-state index in [0.29, 0.717) is 12.5 Å². The highest BCUT2D eigenvalue weighted by Crippen LogP contribution is 2.24. The summed E-state index contributed by atoms with van der Waals surface area (Å²) in [5.41, 5.74) is 0.164. The minimum Gasteiger partial charge on any atom is -0.343 e. The van der Waals surface area contributed by atoms with Crippen molar-refractivity contribution in [3.8, 4) is 0 Å². The number of hydrogen-bond donors (Lipinski definition) is 1. The van der Waals surface area contributed by atoms with Crippen LogP contribution in [0.2, 0.25) is 0 Å². The zero-order chi connectivity index (χ0) is 16.2. The van der Waals surface area contributed by atoms with E-state index in [1.165, 1.54) is 0 Å². The molecule has 0 aromatic heterocycles. The lowest BCUT2D eigenvalue weighted by atomic mass is 9.90. The Morgan fingerprint density at radius 2 is 1.86 bits per heavy atom. The van der Waals surface area contributed by atoms with Gasteiger partial charge in [0.1, 0.15) is 12.1 Å². The summed E-state index contributed by atoms with van der Waals surface area (Å²) in [6.07, 6.45) is 3.28. The first-order valence-electron chi connectivity index (χ1n) is 8.26. The second-order valence-electron chi connectivity index (χ2n) is 7.84. The number of hydrogen-bond acceptors (Lipinski definition) is 2. The molecule has 0 aromatic carbocycles. The molecule has 0 aromatic rings. The number of rotatable bonds is 6. The molecular formula is C17H32N2O2. The van der Waals surface area contributed by atoms with Gasteiger partial charge in [0.2, 0.25) is 11.8 Å². The second kappa shape index (κ2) is 7.28. The fourth-order valence-corrected chi connectivity index (χ4v) is 2.71. The number of nitrogens with zero attached hydrogens (tertiary/aromatic N) is 1. The normalized spacial score (nSPS) is 23.7. The first kappa shape index (κ1) is 18.0. The van der Waals surface area contributed by atoms with Crippen LogP contribution in [0.25, 0.3) is 0 Å². The minimum atomic E-state index is -0.328. The molecule has 4 nitrogen and oxygen atoms in total. The van der Waals surface area contributed by atoms with E-state index in [2.05, 4.69) is 39.9 Å². The molecule has 1 aliphatic heterocycles. The van der Waals surface area contributed by atoms with Gasteiger partial charge in [-0.2, -0.15) is 0 Å². The molecule has 1 N–H and O–H groups in total. The molecule has 1 fully saturated rings. The first-order valence-corrected chi connectivity index (χ1v) is 8.26. The van der Waals surface area contributed by atoms with Crippen molar-refractivity contribution < 1.29 is 9.59 Å². The molecule has 0 bridgehead atoms. The van der Waals surface area contributed by atoms with Crippen LogP contribution in [0.15, 0.2) is 0 Å². The van der Waals surface area contributed by atoms with Gasteiger partial charge in [-0.1, -0.05) is 48.0 Å². The molecule has 1 rings (SSSR count). The number of carbonyl (C=O) groups excluding carboxylic acids is 2. The molecule has 2 amide bonds. The van der Waals surface area contributed by atoms with E-state index < -0.39 is 0 Å². The van der Waals surface area contributed by atoms with Crippen LogP contribution in [-0.2, 0) is 9.59 Å². The van der Waals surface area contributed by atoms with Crippen molar-refractivity contribution in [1.82, 2.24) is 10.2 Å². The van der Waals surface area contributed by atoms with Gasteiger partial charge >= 0.3 is 0 Å². The van der Waals surface area contributed by atoms with Gasteiger partial charge < -0.3 is 10.2 Å². The van der Waals surface area contributed by atoms with Crippen LogP contribution in [0.3, 0.4) is 0 Å². The summed E-state index contributed by atoms with van der Waals surface area (Å²) in [4.78, 5) is 26.9. The zero-order valence-corrected chi connectivity index (χ0v) is 14.5. The summed E-state index contributed by atoms with van der Waals surface area (Å²) in [6.45, 7) is 13.4. The van der Waals surface area contributed by atoms with Crippen molar-refractivity contribution in [3.05, 3.63) is 0 Å². The Bertz CT molecular complexity index is 371. The third-order valence-electron chi connectivity index (χ3n) is 3.95. The third kappa shape index (κ3) is 5.33. The third-order valence-corrected chi connectivity index (χ3v) is 3.95. The van der Waals surface area contributed by atoms with Crippen LogP contribution < -0.4 is 5.32 Å². The van der Waals surface area contributed by atoms with E-state index in [1.54, 1.807) is 0 Å². The molecule has 0 radical (unpaired) electrons. The monoisotopic (exact) mass is 296 g/mol. The topological polar surface area (TPSA) is 49.4 Å². The largest absolute Gasteiger partial charge is 0.343 e. The Morgan fingerprint density at radius 1 is 1.24 bits per heavy atom. The van der Waals surface area contributed by atoms with Crippen molar-refractivity contribution in [2.45, 2.75) is 79.3 Å².